The Bertz CT molecular complexity index is 751. The summed E-state index contributed by atoms with van der Waals surface area (Å²) in [5.74, 6) is -0.194. The van der Waals surface area contributed by atoms with E-state index in [-0.39, 0.29) is 11.8 Å². The van der Waals surface area contributed by atoms with Crippen LogP contribution in [0.25, 0.3) is 0 Å². The summed E-state index contributed by atoms with van der Waals surface area (Å²) in [7, 11) is 0. The molecule has 0 unspecified atom stereocenters. The van der Waals surface area contributed by atoms with Crippen molar-refractivity contribution in [3.63, 3.8) is 0 Å². The maximum atomic E-state index is 12.8. The van der Waals surface area contributed by atoms with Crippen LogP contribution in [0, 0.1) is 0 Å². The maximum Gasteiger partial charge on any atom is 0.251 e. The fourth-order valence-corrected chi connectivity index (χ4v) is 3.09. The summed E-state index contributed by atoms with van der Waals surface area (Å²) in [6, 6.07) is 14.9. The van der Waals surface area contributed by atoms with Gasteiger partial charge in [-0.2, -0.15) is 0 Å². The molecule has 0 atom stereocenters. The van der Waals surface area contributed by atoms with E-state index in [0.717, 1.165) is 24.0 Å². The summed E-state index contributed by atoms with van der Waals surface area (Å²) in [6.45, 7) is 6.06. The molecule has 0 aliphatic carbocycles. The molecule has 0 saturated carbocycles. The SMILES string of the molecule is CCC(CC)(NC(=O)c1ccc(CNC(C)=O)cc1)c1ccc(Cl)cc1. The second kappa shape index (κ2) is 8.86. The smallest absolute Gasteiger partial charge is 0.251 e. The zero-order valence-electron chi connectivity index (χ0n) is 15.4. The number of carbonyl (C=O) groups excluding carboxylic acids is 2. The van der Waals surface area contributed by atoms with Crippen LogP contribution in [0.4, 0.5) is 0 Å². The zero-order valence-corrected chi connectivity index (χ0v) is 16.2. The molecule has 2 rings (SSSR count). The van der Waals surface area contributed by atoms with Crippen molar-refractivity contribution < 1.29 is 9.59 Å². The van der Waals surface area contributed by atoms with E-state index in [2.05, 4.69) is 24.5 Å². The van der Waals surface area contributed by atoms with Gasteiger partial charge in [-0.15, -0.1) is 0 Å². The van der Waals surface area contributed by atoms with E-state index < -0.39 is 5.54 Å². The van der Waals surface area contributed by atoms with Crippen LogP contribution in [0.2, 0.25) is 5.02 Å². The fourth-order valence-electron chi connectivity index (χ4n) is 2.97. The van der Waals surface area contributed by atoms with E-state index in [1.165, 1.54) is 6.92 Å². The Labute approximate surface area is 159 Å². The first-order valence-electron chi connectivity index (χ1n) is 8.82. The minimum absolute atomic E-state index is 0.0783. The third-order valence-corrected chi connectivity index (χ3v) is 4.97. The van der Waals surface area contributed by atoms with Crippen molar-refractivity contribution in [3.05, 3.63) is 70.2 Å². The van der Waals surface area contributed by atoms with Gasteiger partial charge in [0.05, 0.1) is 5.54 Å². The van der Waals surface area contributed by atoms with Crippen LogP contribution in [0.3, 0.4) is 0 Å². The minimum atomic E-state index is -0.434. The average molecular weight is 373 g/mol. The molecule has 0 fully saturated rings. The van der Waals surface area contributed by atoms with Crippen LogP contribution >= 0.6 is 11.6 Å². The van der Waals surface area contributed by atoms with Gasteiger partial charge in [0.15, 0.2) is 0 Å². The number of amides is 2. The van der Waals surface area contributed by atoms with Gasteiger partial charge in [0.1, 0.15) is 0 Å². The third-order valence-electron chi connectivity index (χ3n) is 4.71. The van der Waals surface area contributed by atoms with Gasteiger partial charge in [-0.3, -0.25) is 9.59 Å². The molecule has 5 heteroatoms. The Morgan fingerprint density at radius 3 is 2.04 bits per heavy atom. The lowest BCUT2D eigenvalue weighted by molar-refractivity contribution is -0.119. The second-order valence-electron chi connectivity index (χ2n) is 6.36. The summed E-state index contributed by atoms with van der Waals surface area (Å²) in [5, 5.41) is 6.62. The molecule has 4 nitrogen and oxygen atoms in total. The van der Waals surface area contributed by atoms with Gasteiger partial charge in [0.25, 0.3) is 5.91 Å². The molecule has 26 heavy (non-hydrogen) atoms. The van der Waals surface area contributed by atoms with Crippen molar-refractivity contribution in [1.82, 2.24) is 10.6 Å². The summed E-state index contributed by atoms with van der Waals surface area (Å²) in [6.07, 6.45) is 1.55. The molecule has 0 spiro atoms. The predicted molar refractivity (Wildman–Crippen MR) is 105 cm³/mol. The zero-order chi connectivity index (χ0) is 19.2. The third kappa shape index (κ3) is 4.85. The topological polar surface area (TPSA) is 58.2 Å². The highest BCUT2D eigenvalue weighted by Crippen LogP contribution is 2.30. The van der Waals surface area contributed by atoms with Crippen molar-refractivity contribution in [2.45, 2.75) is 45.7 Å². The highest BCUT2D eigenvalue weighted by atomic mass is 35.5. The molecule has 0 aliphatic rings. The molecule has 0 aliphatic heterocycles. The normalized spacial score (nSPS) is 11.1. The summed E-state index contributed by atoms with van der Waals surface area (Å²) < 4.78 is 0. The Kier molecular flexibility index (Phi) is 6.81. The van der Waals surface area contributed by atoms with Gasteiger partial charge in [0.2, 0.25) is 5.91 Å². The number of halogens is 1. The van der Waals surface area contributed by atoms with E-state index in [9.17, 15) is 9.59 Å². The Morgan fingerprint density at radius 2 is 1.54 bits per heavy atom. The number of carbonyl (C=O) groups is 2. The molecule has 0 aromatic heterocycles. The van der Waals surface area contributed by atoms with Crippen molar-refractivity contribution in [2.24, 2.45) is 0 Å². The van der Waals surface area contributed by atoms with E-state index >= 15 is 0 Å². The second-order valence-corrected chi connectivity index (χ2v) is 6.79. The number of hydrogen-bond acceptors (Lipinski definition) is 2. The maximum absolute atomic E-state index is 12.8. The predicted octanol–water partition coefficient (Wildman–Crippen LogP) is 4.42. The van der Waals surface area contributed by atoms with Gasteiger partial charge in [-0.05, 0) is 48.2 Å². The van der Waals surface area contributed by atoms with Crippen LogP contribution < -0.4 is 10.6 Å². The van der Waals surface area contributed by atoms with Crippen molar-refractivity contribution in [2.75, 3.05) is 0 Å². The van der Waals surface area contributed by atoms with Gasteiger partial charge in [-0.1, -0.05) is 49.7 Å². The average Bonchev–Trinajstić information content (AvgIpc) is 2.65. The molecule has 138 valence electrons. The lowest BCUT2D eigenvalue weighted by atomic mass is 9.84. The highest BCUT2D eigenvalue weighted by Gasteiger charge is 2.30. The Hall–Kier alpha value is -2.33. The first-order valence-corrected chi connectivity index (χ1v) is 9.20. The molecule has 2 amide bonds. The lowest BCUT2D eigenvalue weighted by Crippen LogP contribution is -2.45. The van der Waals surface area contributed by atoms with Crippen LogP contribution in [0.15, 0.2) is 48.5 Å². The lowest BCUT2D eigenvalue weighted by Gasteiger charge is -2.33. The summed E-state index contributed by atoms with van der Waals surface area (Å²) in [4.78, 5) is 23.8. The quantitative estimate of drug-likeness (QED) is 0.755. The van der Waals surface area contributed by atoms with Crippen molar-refractivity contribution in [1.29, 1.82) is 0 Å². The largest absolute Gasteiger partial charge is 0.352 e. The minimum Gasteiger partial charge on any atom is -0.352 e. The first-order chi connectivity index (χ1) is 12.4. The number of nitrogens with one attached hydrogen (secondary N) is 2. The van der Waals surface area contributed by atoms with Crippen LogP contribution in [0.1, 0.15) is 55.1 Å². The number of rotatable bonds is 7. The molecular formula is C21H25ClN2O2. The Morgan fingerprint density at radius 1 is 0.962 bits per heavy atom. The van der Waals surface area contributed by atoms with Crippen molar-refractivity contribution in [3.8, 4) is 0 Å². The fraction of sp³-hybridized carbons (Fsp3) is 0.333. The van der Waals surface area contributed by atoms with E-state index in [0.29, 0.717) is 17.1 Å². The van der Waals surface area contributed by atoms with Crippen LogP contribution in [0.5, 0.6) is 0 Å². The molecule has 2 aromatic carbocycles. The number of hydrogen-bond donors (Lipinski definition) is 2. The van der Waals surface area contributed by atoms with E-state index in [1.54, 1.807) is 12.1 Å². The standard InChI is InChI=1S/C21H25ClN2O2/c1-4-21(5-2,18-10-12-19(22)13-11-18)24-20(26)17-8-6-16(7-9-17)14-23-15(3)25/h6-13H,4-5,14H2,1-3H3,(H,23,25)(H,24,26). The molecular weight excluding hydrogens is 348 g/mol. The molecule has 0 heterocycles. The molecule has 0 bridgehead atoms. The van der Waals surface area contributed by atoms with Crippen LogP contribution in [-0.2, 0) is 16.9 Å². The summed E-state index contributed by atoms with van der Waals surface area (Å²) in [5.41, 5.74) is 2.15. The molecule has 2 N–H and O–H groups in total. The van der Waals surface area contributed by atoms with Gasteiger partial charge < -0.3 is 10.6 Å². The number of benzene rings is 2. The van der Waals surface area contributed by atoms with Gasteiger partial charge in [0, 0.05) is 24.1 Å². The first kappa shape index (κ1) is 20.0. The van der Waals surface area contributed by atoms with E-state index in [4.69, 9.17) is 11.6 Å². The molecule has 0 saturated heterocycles. The van der Waals surface area contributed by atoms with Gasteiger partial charge >= 0.3 is 0 Å². The molecule has 2 aromatic rings. The van der Waals surface area contributed by atoms with Crippen molar-refractivity contribution >= 4 is 23.4 Å². The van der Waals surface area contributed by atoms with Gasteiger partial charge in [-0.25, -0.2) is 0 Å². The van der Waals surface area contributed by atoms with Crippen LogP contribution in [-0.4, -0.2) is 11.8 Å². The molecule has 0 radical (unpaired) electrons. The Balaban J connectivity index is 2.17. The highest BCUT2D eigenvalue weighted by molar-refractivity contribution is 6.30. The monoisotopic (exact) mass is 372 g/mol. The van der Waals surface area contributed by atoms with E-state index in [1.807, 2.05) is 36.4 Å². The summed E-state index contributed by atoms with van der Waals surface area (Å²) >= 11 is 6.00.